The van der Waals surface area contributed by atoms with Gasteiger partial charge in [-0.05, 0) is 13.8 Å². The van der Waals surface area contributed by atoms with Crippen molar-refractivity contribution in [2.45, 2.75) is 20.4 Å². The summed E-state index contributed by atoms with van der Waals surface area (Å²) in [6.07, 6.45) is 1.76. The number of nitrogens with two attached hydrogens (primary N) is 1. The van der Waals surface area contributed by atoms with Gasteiger partial charge in [-0.15, -0.1) is 0 Å². The van der Waals surface area contributed by atoms with Crippen molar-refractivity contribution < 1.29 is 9.53 Å². The minimum atomic E-state index is -0.378. The average Bonchev–Trinajstić information content (AvgIpc) is 2.22. The molecule has 88 valence electrons. The summed E-state index contributed by atoms with van der Waals surface area (Å²) in [5, 5.41) is 2.92. The second-order valence-electron chi connectivity index (χ2n) is 3.62. The van der Waals surface area contributed by atoms with Crippen LogP contribution in [0.5, 0.6) is 5.75 Å². The van der Waals surface area contributed by atoms with E-state index in [0.717, 1.165) is 22.6 Å². The Bertz CT molecular complexity index is 391. The number of carbonyl (C=O) groups excluding carboxylic acids is 1. The Hall–Kier alpha value is -1.62. The van der Waals surface area contributed by atoms with E-state index in [9.17, 15) is 4.79 Å². The quantitative estimate of drug-likeness (QED) is 0.751. The van der Waals surface area contributed by atoms with Gasteiger partial charge in [-0.2, -0.15) is 0 Å². The highest BCUT2D eigenvalue weighted by Crippen LogP contribution is 2.23. The van der Waals surface area contributed by atoms with Crippen molar-refractivity contribution in [3.8, 4) is 5.75 Å². The van der Waals surface area contributed by atoms with Crippen LogP contribution in [0.2, 0.25) is 0 Å². The molecule has 0 aliphatic heterocycles. The van der Waals surface area contributed by atoms with Crippen LogP contribution in [0, 0.1) is 13.8 Å². The summed E-state index contributed by atoms with van der Waals surface area (Å²) in [5.41, 5.74) is 7.88. The van der Waals surface area contributed by atoms with Gasteiger partial charge in [-0.1, -0.05) is 0 Å². The van der Waals surface area contributed by atoms with E-state index in [1.807, 2.05) is 13.8 Å². The average molecular weight is 223 g/mol. The zero-order chi connectivity index (χ0) is 12.1. The van der Waals surface area contributed by atoms with E-state index >= 15 is 0 Å². The number of hydrogen-bond donors (Lipinski definition) is 2. The number of methoxy groups -OCH3 is 1. The van der Waals surface area contributed by atoms with Gasteiger partial charge in [0.15, 0.2) is 0 Å². The summed E-state index contributed by atoms with van der Waals surface area (Å²) < 4.78 is 5.28. The van der Waals surface area contributed by atoms with Gasteiger partial charge in [0.2, 0.25) is 5.91 Å². The topological polar surface area (TPSA) is 77.2 Å². The Morgan fingerprint density at radius 1 is 1.56 bits per heavy atom. The molecule has 0 aliphatic rings. The molecule has 0 unspecified atom stereocenters. The van der Waals surface area contributed by atoms with E-state index in [2.05, 4.69) is 10.3 Å². The number of hydrogen-bond acceptors (Lipinski definition) is 4. The summed E-state index contributed by atoms with van der Waals surface area (Å²) in [6, 6.07) is 0. The number of nitrogens with one attached hydrogen (secondary N) is 1. The third-order valence-electron chi connectivity index (χ3n) is 2.34. The van der Waals surface area contributed by atoms with E-state index in [-0.39, 0.29) is 12.5 Å². The van der Waals surface area contributed by atoms with Crippen molar-refractivity contribution >= 4 is 5.91 Å². The lowest BCUT2D eigenvalue weighted by atomic mass is 10.1. The zero-order valence-electron chi connectivity index (χ0n) is 9.83. The van der Waals surface area contributed by atoms with Gasteiger partial charge in [0.05, 0.1) is 19.3 Å². The molecule has 1 aromatic rings. The van der Waals surface area contributed by atoms with Gasteiger partial charge in [-0.25, -0.2) is 0 Å². The van der Waals surface area contributed by atoms with E-state index in [1.54, 1.807) is 13.3 Å². The maximum atomic E-state index is 10.6. The van der Waals surface area contributed by atoms with Gasteiger partial charge in [0, 0.05) is 23.9 Å². The smallest absolute Gasteiger partial charge is 0.231 e. The molecule has 0 saturated carbocycles. The second kappa shape index (κ2) is 5.46. The van der Waals surface area contributed by atoms with E-state index < -0.39 is 0 Å². The fraction of sp³-hybridized carbons (Fsp3) is 0.455. The fourth-order valence-corrected chi connectivity index (χ4v) is 1.55. The number of pyridine rings is 1. The molecule has 1 aromatic heterocycles. The van der Waals surface area contributed by atoms with Crippen LogP contribution in [0.25, 0.3) is 0 Å². The third-order valence-corrected chi connectivity index (χ3v) is 2.34. The third kappa shape index (κ3) is 2.93. The van der Waals surface area contributed by atoms with Crippen molar-refractivity contribution in [2.24, 2.45) is 5.73 Å². The number of primary amides is 1. The van der Waals surface area contributed by atoms with Crippen LogP contribution in [-0.4, -0.2) is 24.5 Å². The summed E-state index contributed by atoms with van der Waals surface area (Å²) in [6.45, 7) is 4.54. The highest BCUT2D eigenvalue weighted by molar-refractivity contribution is 5.75. The normalized spacial score (nSPS) is 10.2. The highest BCUT2D eigenvalue weighted by atomic mass is 16.5. The number of amides is 1. The first kappa shape index (κ1) is 12.4. The van der Waals surface area contributed by atoms with Crippen LogP contribution in [0.1, 0.15) is 16.8 Å². The molecule has 0 bridgehead atoms. The van der Waals surface area contributed by atoms with Gasteiger partial charge in [-0.3, -0.25) is 9.78 Å². The van der Waals surface area contributed by atoms with E-state index in [1.165, 1.54) is 0 Å². The fourth-order valence-electron chi connectivity index (χ4n) is 1.55. The predicted molar refractivity (Wildman–Crippen MR) is 61.2 cm³/mol. The Morgan fingerprint density at radius 2 is 2.25 bits per heavy atom. The molecule has 0 aliphatic carbocycles. The minimum Gasteiger partial charge on any atom is -0.496 e. The van der Waals surface area contributed by atoms with Crippen molar-refractivity contribution in [3.63, 3.8) is 0 Å². The Labute approximate surface area is 95.0 Å². The molecule has 1 heterocycles. The van der Waals surface area contributed by atoms with Crippen molar-refractivity contribution in [2.75, 3.05) is 13.7 Å². The number of ether oxygens (including phenoxy) is 1. The standard InChI is InChI=1S/C11H17N3O2/c1-7-4-14-9(5-13-6-10(12)15)8(2)11(7)16-3/h4,13H,5-6H2,1-3H3,(H2,12,15). The molecule has 1 rings (SSSR count). The number of aromatic nitrogens is 1. The molecule has 1 amide bonds. The Morgan fingerprint density at radius 3 is 2.81 bits per heavy atom. The second-order valence-corrected chi connectivity index (χ2v) is 3.62. The minimum absolute atomic E-state index is 0.150. The largest absolute Gasteiger partial charge is 0.496 e. The van der Waals surface area contributed by atoms with Gasteiger partial charge < -0.3 is 15.8 Å². The molecule has 0 fully saturated rings. The van der Waals surface area contributed by atoms with E-state index in [0.29, 0.717) is 6.54 Å². The van der Waals surface area contributed by atoms with Crippen LogP contribution < -0.4 is 15.8 Å². The Kier molecular flexibility index (Phi) is 4.25. The van der Waals surface area contributed by atoms with Gasteiger partial charge in [0.1, 0.15) is 5.75 Å². The Balaban J connectivity index is 2.77. The molecule has 5 nitrogen and oxygen atoms in total. The first-order valence-corrected chi connectivity index (χ1v) is 5.04. The monoisotopic (exact) mass is 223 g/mol. The lowest BCUT2D eigenvalue weighted by Gasteiger charge is -2.12. The molecule has 0 saturated heterocycles. The van der Waals surface area contributed by atoms with Crippen molar-refractivity contribution in [1.29, 1.82) is 0 Å². The van der Waals surface area contributed by atoms with Crippen LogP contribution in [0.4, 0.5) is 0 Å². The zero-order valence-corrected chi connectivity index (χ0v) is 9.83. The lowest BCUT2D eigenvalue weighted by Crippen LogP contribution is -2.28. The van der Waals surface area contributed by atoms with Gasteiger partial charge in [0.25, 0.3) is 0 Å². The van der Waals surface area contributed by atoms with E-state index in [4.69, 9.17) is 10.5 Å². The molecule has 0 aromatic carbocycles. The molecule has 0 atom stereocenters. The molecular formula is C11H17N3O2. The summed E-state index contributed by atoms with van der Waals surface area (Å²) in [5.74, 6) is 0.461. The first-order valence-electron chi connectivity index (χ1n) is 5.04. The maximum Gasteiger partial charge on any atom is 0.231 e. The SMILES string of the molecule is COc1c(C)cnc(CNCC(N)=O)c1C. The molecule has 5 heteroatoms. The lowest BCUT2D eigenvalue weighted by molar-refractivity contribution is -0.117. The van der Waals surface area contributed by atoms with Crippen LogP contribution >= 0.6 is 0 Å². The van der Waals surface area contributed by atoms with Crippen LogP contribution in [-0.2, 0) is 11.3 Å². The predicted octanol–water partition coefficient (Wildman–Crippen LogP) is 0.282. The molecule has 16 heavy (non-hydrogen) atoms. The van der Waals surface area contributed by atoms with Crippen molar-refractivity contribution in [3.05, 3.63) is 23.0 Å². The first-order chi connectivity index (χ1) is 7.56. The van der Waals surface area contributed by atoms with Gasteiger partial charge >= 0.3 is 0 Å². The number of carbonyl (C=O) groups is 1. The van der Waals surface area contributed by atoms with Crippen LogP contribution in [0.15, 0.2) is 6.20 Å². The summed E-state index contributed by atoms with van der Waals surface area (Å²) in [4.78, 5) is 14.9. The number of nitrogens with zero attached hydrogens (tertiary/aromatic N) is 1. The molecule has 3 N–H and O–H groups in total. The highest BCUT2D eigenvalue weighted by Gasteiger charge is 2.08. The molecule has 0 spiro atoms. The van der Waals surface area contributed by atoms with Crippen LogP contribution in [0.3, 0.4) is 0 Å². The summed E-state index contributed by atoms with van der Waals surface area (Å²) >= 11 is 0. The van der Waals surface area contributed by atoms with Crippen molar-refractivity contribution in [1.82, 2.24) is 10.3 Å². The summed E-state index contributed by atoms with van der Waals surface area (Å²) in [7, 11) is 1.63. The molecule has 0 radical (unpaired) electrons. The maximum absolute atomic E-state index is 10.6. The number of rotatable bonds is 5. The number of aryl methyl sites for hydroxylation is 1. The molecular weight excluding hydrogens is 206 g/mol.